The van der Waals surface area contributed by atoms with E-state index in [4.69, 9.17) is 9.97 Å². The minimum Gasteiger partial charge on any atom is -0.308 e. The van der Waals surface area contributed by atoms with E-state index in [-0.39, 0.29) is 5.41 Å². The van der Waals surface area contributed by atoms with E-state index in [2.05, 4.69) is 109 Å². The maximum atomic E-state index is 5.07. The van der Waals surface area contributed by atoms with Gasteiger partial charge < -0.3 is 4.57 Å². The van der Waals surface area contributed by atoms with E-state index in [0.717, 1.165) is 33.4 Å². The second-order valence-electron chi connectivity index (χ2n) is 10.7. The quantitative estimate of drug-likeness (QED) is 0.228. The average molecular weight is 488 g/mol. The molecule has 3 nitrogen and oxygen atoms in total. The van der Waals surface area contributed by atoms with E-state index in [1.165, 1.54) is 38.7 Å². The van der Waals surface area contributed by atoms with Crippen LogP contribution in [0.2, 0.25) is 0 Å². The minimum atomic E-state index is -0.0862. The van der Waals surface area contributed by atoms with Crippen molar-refractivity contribution < 1.29 is 0 Å². The van der Waals surface area contributed by atoms with Crippen molar-refractivity contribution in [3.63, 3.8) is 0 Å². The molecule has 7 aromatic rings. The van der Waals surface area contributed by atoms with Crippen molar-refractivity contribution in [3.05, 3.63) is 127 Å². The number of nitrogens with zero attached hydrogens (tertiary/aromatic N) is 3. The smallest absolute Gasteiger partial charge is 0.159 e. The highest BCUT2D eigenvalue weighted by atomic mass is 15.0. The average Bonchev–Trinajstić information content (AvgIpc) is 3.43. The van der Waals surface area contributed by atoms with Crippen molar-refractivity contribution in [2.24, 2.45) is 0 Å². The molecule has 1 aliphatic rings. The Hall–Kier alpha value is -4.76. The van der Waals surface area contributed by atoms with Crippen LogP contribution in [-0.2, 0) is 5.41 Å². The SMILES string of the molecule is CC1(C)c2ccccc2-c2c1c1ccccc1n2-c1cc2cnc(-c3ccccc3)nc2c2ccccc12. The van der Waals surface area contributed by atoms with Gasteiger partial charge in [0.05, 0.1) is 22.4 Å². The summed E-state index contributed by atoms with van der Waals surface area (Å²) in [4.78, 5) is 9.85. The van der Waals surface area contributed by atoms with Gasteiger partial charge in [0.15, 0.2) is 5.82 Å². The van der Waals surface area contributed by atoms with Gasteiger partial charge in [-0.3, -0.25) is 0 Å². The fraction of sp³-hybridized carbons (Fsp3) is 0.0857. The molecule has 0 aliphatic heterocycles. The number of hydrogen-bond acceptors (Lipinski definition) is 2. The summed E-state index contributed by atoms with van der Waals surface area (Å²) in [7, 11) is 0. The lowest BCUT2D eigenvalue weighted by Crippen LogP contribution is -2.14. The first-order chi connectivity index (χ1) is 18.6. The molecule has 0 atom stereocenters. The Labute approximate surface area is 221 Å². The minimum absolute atomic E-state index is 0.0862. The van der Waals surface area contributed by atoms with Gasteiger partial charge in [-0.25, -0.2) is 9.97 Å². The Balaban J connectivity index is 1.50. The summed E-state index contributed by atoms with van der Waals surface area (Å²) < 4.78 is 2.48. The third kappa shape index (κ3) is 2.79. The molecule has 38 heavy (non-hydrogen) atoms. The molecule has 0 amide bonds. The molecule has 2 aromatic heterocycles. The number of rotatable bonds is 2. The van der Waals surface area contributed by atoms with Gasteiger partial charge in [0.2, 0.25) is 0 Å². The second kappa shape index (κ2) is 7.62. The Morgan fingerprint density at radius 1 is 0.684 bits per heavy atom. The largest absolute Gasteiger partial charge is 0.308 e. The highest BCUT2D eigenvalue weighted by molar-refractivity contribution is 6.11. The van der Waals surface area contributed by atoms with Crippen LogP contribution in [0.4, 0.5) is 0 Å². The molecule has 0 unspecified atom stereocenters. The molecule has 1 aliphatic carbocycles. The fourth-order valence-electron chi connectivity index (χ4n) is 6.51. The first kappa shape index (κ1) is 21.3. The lowest BCUT2D eigenvalue weighted by molar-refractivity contribution is 0.666. The molecule has 0 fully saturated rings. The number of para-hydroxylation sites is 1. The lowest BCUT2D eigenvalue weighted by Gasteiger charge is -2.21. The van der Waals surface area contributed by atoms with Crippen LogP contribution in [0, 0.1) is 0 Å². The number of hydrogen-bond donors (Lipinski definition) is 0. The molecule has 5 aromatic carbocycles. The first-order valence-corrected chi connectivity index (χ1v) is 13.1. The molecular weight excluding hydrogens is 462 g/mol. The summed E-state index contributed by atoms with van der Waals surface area (Å²) in [5.74, 6) is 0.749. The normalized spacial score (nSPS) is 13.7. The number of benzene rings is 5. The van der Waals surface area contributed by atoms with Crippen molar-refractivity contribution in [1.29, 1.82) is 0 Å². The summed E-state index contributed by atoms with van der Waals surface area (Å²) >= 11 is 0. The summed E-state index contributed by atoms with van der Waals surface area (Å²) in [6, 6.07) is 38.8. The van der Waals surface area contributed by atoms with Crippen molar-refractivity contribution in [1.82, 2.24) is 14.5 Å². The Kier molecular flexibility index (Phi) is 4.28. The molecule has 0 saturated carbocycles. The van der Waals surface area contributed by atoms with E-state index < -0.39 is 0 Å². The van der Waals surface area contributed by atoms with Gasteiger partial charge in [-0.05, 0) is 23.3 Å². The van der Waals surface area contributed by atoms with E-state index in [9.17, 15) is 0 Å². The topological polar surface area (TPSA) is 30.7 Å². The van der Waals surface area contributed by atoms with Gasteiger partial charge >= 0.3 is 0 Å². The molecular formula is C35H25N3. The molecule has 0 bridgehead atoms. The Morgan fingerprint density at radius 3 is 2.21 bits per heavy atom. The van der Waals surface area contributed by atoms with Gasteiger partial charge in [0.1, 0.15) is 0 Å². The van der Waals surface area contributed by atoms with Crippen molar-refractivity contribution in [2.75, 3.05) is 0 Å². The molecule has 0 saturated heterocycles. The van der Waals surface area contributed by atoms with Crippen LogP contribution in [0.1, 0.15) is 25.0 Å². The zero-order valence-electron chi connectivity index (χ0n) is 21.3. The van der Waals surface area contributed by atoms with Crippen molar-refractivity contribution in [3.8, 4) is 28.3 Å². The van der Waals surface area contributed by atoms with Gasteiger partial charge in [0, 0.05) is 44.3 Å². The third-order valence-corrected chi connectivity index (χ3v) is 8.20. The van der Waals surface area contributed by atoms with Crippen LogP contribution in [-0.4, -0.2) is 14.5 Å². The monoisotopic (exact) mass is 487 g/mol. The highest BCUT2D eigenvalue weighted by Crippen LogP contribution is 2.54. The summed E-state index contributed by atoms with van der Waals surface area (Å²) in [5.41, 5.74) is 9.68. The highest BCUT2D eigenvalue weighted by Gasteiger charge is 2.40. The van der Waals surface area contributed by atoms with Crippen LogP contribution >= 0.6 is 0 Å². The summed E-state index contributed by atoms with van der Waals surface area (Å²) in [6.07, 6.45) is 1.98. The maximum absolute atomic E-state index is 5.07. The van der Waals surface area contributed by atoms with Gasteiger partial charge in [-0.2, -0.15) is 0 Å². The Bertz CT molecular complexity index is 2050. The second-order valence-corrected chi connectivity index (χ2v) is 10.7. The molecule has 0 radical (unpaired) electrons. The standard InChI is InChI=1S/C35H25N3/c1-35(2)28-18-10-8-16-26(28)33-31(35)27-17-9-11-19-29(27)38(33)30-20-23-21-36-34(22-12-4-3-5-13-22)37-32(23)25-15-7-6-14-24(25)30/h3-21H,1-2H3. The molecule has 180 valence electrons. The van der Waals surface area contributed by atoms with Crippen LogP contribution < -0.4 is 0 Å². The summed E-state index contributed by atoms with van der Waals surface area (Å²) in [5, 5.41) is 4.67. The van der Waals surface area contributed by atoms with Crippen LogP contribution in [0.3, 0.4) is 0 Å². The zero-order valence-corrected chi connectivity index (χ0v) is 21.3. The van der Waals surface area contributed by atoms with Crippen molar-refractivity contribution >= 4 is 32.6 Å². The third-order valence-electron chi connectivity index (χ3n) is 8.20. The molecule has 0 N–H and O–H groups in total. The van der Waals surface area contributed by atoms with Gasteiger partial charge in [-0.15, -0.1) is 0 Å². The molecule has 0 spiro atoms. The zero-order chi connectivity index (χ0) is 25.4. The van der Waals surface area contributed by atoms with Crippen LogP contribution in [0.5, 0.6) is 0 Å². The van der Waals surface area contributed by atoms with E-state index in [0.29, 0.717) is 0 Å². The number of fused-ring (bicyclic) bond motifs is 8. The maximum Gasteiger partial charge on any atom is 0.159 e. The fourth-order valence-corrected chi connectivity index (χ4v) is 6.51. The van der Waals surface area contributed by atoms with Crippen LogP contribution in [0.25, 0.3) is 60.9 Å². The number of aromatic nitrogens is 3. The van der Waals surface area contributed by atoms with E-state index in [1.807, 2.05) is 24.4 Å². The predicted octanol–water partition coefficient (Wildman–Crippen LogP) is 8.70. The van der Waals surface area contributed by atoms with Gasteiger partial charge in [-0.1, -0.05) is 111 Å². The predicted molar refractivity (Wildman–Crippen MR) is 157 cm³/mol. The van der Waals surface area contributed by atoms with Gasteiger partial charge in [0.25, 0.3) is 0 Å². The summed E-state index contributed by atoms with van der Waals surface area (Å²) in [6.45, 7) is 4.71. The van der Waals surface area contributed by atoms with E-state index >= 15 is 0 Å². The molecule has 8 rings (SSSR count). The van der Waals surface area contributed by atoms with E-state index in [1.54, 1.807) is 0 Å². The molecule has 3 heteroatoms. The van der Waals surface area contributed by atoms with Crippen molar-refractivity contribution in [2.45, 2.75) is 19.3 Å². The molecule has 2 heterocycles. The van der Waals surface area contributed by atoms with Crippen LogP contribution in [0.15, 0.2) is 115 Å². The first-order valence-electron chi connectivity index (χ1n) is 13.1. The lowest BCUT2D eigenvalue weighted by atomic mass is 9.81. The Morgan fingerprint density at radius 2 is 1.37 bits per heavy atom.